The van der Waals surface area contributed by atoms with E-state index in [4.69, 9.17) is 9.15 Å². The summed E-state index contributed by atoms with van der Waals surface area (Å²) in [5.74, 6) is -0.00545. The lowest BCUT2D eigenvalue weighted by molar-refractivity contribution is -0.274. The molecule has 29 heavy (non-hydrogen) atoms. The number of alkyl halides is 3. The van der Waals surface area contributed by atoms with Crippen molar-refractivity contribution in [2.45, 2.75) is 6.36 Å². The molecular formula is C17H11F3N6O3. The van der Waals surface area contributed by atoms with Crippen molar-refractivity contribution in [1.29, 1.82) is 0 Å². The Morgan fingerprint density at radius 2 is 1.90 bits per heavy atom. The molecule has 0 amide bonds. The molecule has 9 nitrogen and oxygen atoms in total. The predicted molar refractivity (Wildman–Crippen MR) is 91.1 cm³/mol. The van der Waals surface area contributed by atoms with Crippen molar-refractivity contribution in [2.75, 3.05) is 7.11 Å². The smallest absolute Gasteiger partial charge is 0.481 e. The van der Waals surface area contributed by atoms with Crippen molar-refractivity contribution in [3.63, 3.8) is 0 Å². The molecule has 0 radical (unpaired) electrons. The van der Waals surface area contributed by atoms with Gasteiger partial charge in [0.05, 0.1) is 18.4 Å². The van der Waals surface area contributed by atoms with E-state index in [0.29, 0.717) is 17.1 Å². The lowest BCUT2D eigenvalue weighted by atomic mass is 10.1. The first kappa shape index (κ1) is 18.4. The first-order chi connectivity index (χ1) is 13.9. The summed E-state index contributed by atoms with van der Waals surface area (Å²) in [6.07, 6.45) is -0.684. The van der Waals surface area contributed by atoms with Crippen LogP contribution in [0.4, 0.5) is 13.2 Å². The molecule has 12 heteroatoms. The van der Waals surface area contributed by atoms with Gasteiger partial charge < -0.3 is 13.9 Å². The second-order valence-corrected chi connectivity index (χ2v) is 5.57. The van der Waals surface area contributed by atoms with Crippen molar-refractivity contribution in [3.05, 3.63) is 49.2 Å². The summed E-state index contributed by atoms with van der Waals surface area (Å²) in [7, 11) is 1.46. The van der Waals surface area contributed by atoms with Gasteiger partial charge in [-0.2, -0.15) is 5.10 Å². The predicted octanol–water partition coefficient (Wildman–Crippen LogP) is 3.29. The van der Waals surface area contributed by atoms with Crippen LogP contribution in [-0.2, 0) is 0 Å². The lowest BCUT2D eigenvalue weighted by Gasteiger charge is -2.11. The van der Waals surface area contributed by atoms with Crippen molar-refractivity contribution in [3.8, 4) is 40.2 Å². The van der Waals surface area contributed by atoms with Crippen LogP contribution in [0.2, 0.25) is 0 Å². The van der Waals surface area contributed by atoms with E-state index in [-0.39, 0.29) is 17.3 Å². The molecule has 1 aromatic carbocycles. The number of hydrogen-bond donors (Lipinski definition) is 0. The Morgan fingerprint density at radius 1 is 1.07 bits per heavy atom. The zero-order valence-corrected chi connectivity index (χ0v) is 14.7. The molecule has 0 spiro atoms. The van der Waals surface area contributed by atoms with Gasteiger partial charge in [0.1, 0.15) is 18.4 Å². The summed E-state index contributed by atoms with van der Waals surface area (Å²) < 4.78 is 54.0. The Kier molecular flexibility index (Phi) is 4.58. The summed E-state index contributed by atoms with van der Waals surface area (Å²) >= 11 is 0. The van der Waals surface area contributed by atoms with Crippen LogP contribution in [0.25, 0.3) is 28.6 Å². The molecule has 3 heterocycles. The number of hydrogen-bond acceptors (Lipinski definition) is 8. The van der Waals surface area contributed by atoms with Crippen molar-refractivity contribution < 1.29 is 27.1 Å². The highest BCUT2D eigenvalue weighted by atomic mass is 19.4. The summed E-state index contributed by atoms with van der Waals surface area (Å²) in [4.78, 5) is 7.83. The molecule has 0 saturated heterocycles. The van der Waals surface area contributed by atoms with E-state index >= 15 is 0 Å². The van der Waals surface area contributed by atoms with Gasteiger partial charge in [-0.1, -0.05) is 0 Å². The van der Waals surface area contributed by atoms with E-state index in [1.54, 1.807) is 12.1 Å². The van der Waals surface area contributed by atoms with Crippen molar-refractivity contribution >= 4 is 0 Å². The van der Waals surface area contributed by atoms with Gasteiger partial charge in [-0.3, -0.25) is 0 Å². The Hall–Kier alpha value is -3.96. The number of benzene rings is 1. The van der Waals surface area contributed by atoms with Gasteiger partial charge in [-0.15, -0.1) is 23.4 Å². The third kappa shape index (κ3) is 4.00. The van der Waals surface area contributed by atoms with Crippen LogP contribution in [0, 0.1) is 0 Å². The van der Waals surface area contributed by atoms with Gasteiger partial charge in [0.2, 0.25) is 17.7 Å². The third-order valence-electron chi connectivity index (χ3n) is 3.71. The van der Waals surface area contributed by atoms with Crippen LogP contribution in [0.3, 0.4) is 0 Å². The van der Waals surface area contributed by atoms with Gasteiger partial charge in [0, 0.05) is 17.8 Å². The fourth-order valence-electron chi connectivity index (χ4n) is 2.52. The number of rotatable bonds is 5. The molecule has 148 valence electrons. The molecule has 0 bridgehead atoms. The summed E-state index contributed by atoms with van der Waals surface area (Å²) in [6, 6.07) is 6.87. The van der Waals surface area contributed by atoms with Gasteiger partial charge in [-0.25, -0.2) is 14.6 Å². The largest absolute Gasteiger partial charge is 0.573 e. The zero-order chi connectivity index (χ0) is 20.4. The standard InChI is InChI=1S/C17H11F3N6O3/c1-27-14-6-10(4-5-22-14)15-24-25-16(28-15)12-7-11(29-17(18,19)20)2-3-13(12)26-9-21-8-23-26/h2-9H,1H3. The fourth-order valence-corrected chi connectivity index (χ4v) is 2.52. The second-order valence-electron chi connectivity index (χ2n) is 5.57. The minimum absolute atomic E-state index is 0.0334. The first-order valence-corrected chi connectivity index (χ1v) is 8.02. The van der Waals surface area contributed by atoms with Gasteiger partial charge >= 0.3 is 6.36 Å². The van der Waals surface area contributed by atoms with Crippen LogP contribution < -0.4 is 9.47 Å². The van der Waals surface area contributed by atoms with Crippen LogP contribution in [0.1, 0.15) is 0 Å². The highest BCUT2D eigenvalue weighted by Crippen LogP contribution is 2.33. The van der Waals surface area contributed by atoms with E-state index in [2.05, 4.69) is 30.0 Å². The average Bonchev–Trinajstić information content (AvgIpc) is 3.39. The Morgan fingerprint density at radius 3 is 2.62 bits per heavy atom. The number of aromatic nitrogens is 6. The molecule has 4 rings (SSSR count). The minimum atomic E-state index is -4.85. The number of nitrogens with zero attached hydrogens (tertiary/aromatic N) is 6. The van der Waals surface area contributed by atoms with Crippen molar-refractivity contribution in [1.82, 2.24) is 29.9 Å². The second kappa shape index (κ2) is 7.22. The summed E-state index contributed by atoms with van der Waals surface area (Å²) in [6.45, 7) is 0. The molecule has 3 aromatic heterocycles. The van der Waals surface area contributed by atoms with Gasteiger partial charge in [0.25, 0.3) is 0 Å². The number of pyridine rings is 1. The van der Waals surface area contributed by atoms with E-state index in [1.807, 2.05) is 0 Å². The fraction of sp³-hybridized carbons (Fsp3) is 0.118. The van der Waals surface area contributed by atoms with E-state index in [9.17, 15) is 13.2 Å². The molecular weight excluding hydrogens is 393 g/mol. The van der Waals surface area contributed by atoms with Crippen LogP contribution in [0.5, 0.6) is 11.6 Å². The van der Waals surface area contributed by atoms with Crippen molar-refractivity contribution in [2.24, 2.45) is 0 Å². The van der Waals surface area contributed by atoms with Crippen LogP contribution in [-0.4, -0.2) is 43.4 Å². The van der Waals surface area contributed by atoms with Crippen LogP contribution >= 0.6 is 0 Å². The molecule has 0 aliphatic heterocycles. The van der Waals surface area contributed by atoms with E-state index in [0.717, 1.165) is 12.1 Å². The third-order valence-corrected chi connectivity index (χ3v) is 3.71. The average molecular weight is 404 g/mol. The zero-order valence-electron chi connectivity index (χ0n) is 14.7. The topological polar surface area (TPSA) is 101 Å². The maximum absolute atomic E-state index is 12.6. The monoisotopic (exact) mass is 404 g/mol. The number of halogens is 3. The quantitative estimate of drug-likeness (QED) is 0.500. The highest BCUT2D eigenvalue weighted by molar-refractivity contribution is 5.69. The summed E-state index contributed by atoms with van der Waals surface area (Å²) in [5.41, 5.74) is 1.08. The molecule has 4 aromatic rings. The number of ether oxygens (including phenoxy) is 2. The summed E-state index contributed by atoms with van der Waals surface area (Å²) in [5, 5.41) is 11.9. The van der Waals surface area contributed by atoms with Gasteiger partial charge in [-0.05, 0) is 24.3 Å². The Balaban J connectivity index is 1.78. The molecule has 0 saturated carbocycles. The minimum Gasteiger partial charge on any atom is -0.481 e. The molecule has 0 fully saturated rings. The number of methoxy groups -OCH3 is 1. The SMILES string of the molecule is COc1cc(-c2nnc(-c3cc(OC(F)(F)F)ccc3-n3cncn3)o2)ccn1. The maximum Gasteiger partial charge on any atom is 0.573 e. The maximum atomic E-state index is 12.6. The first-order valence-electron chi connectivity index (χ1n) is 8.02. The lowest BCUT2D eigenvalue weighted by Crippen LogP contribution is -2.17. The van der Waals surface area contributed by atoms with Crippen LogP contribution in [0.15, 0.2) is 53.6 Å². The normalized spacial score (nSPS) is 11.4. The molecule has 0 aliphatic carbocycles. The molecule has 0 unspecified atom stereocenters. The van der Waals surface area contributed by atoms with E-state index < -0.39 is 12.1 Å². The molecule has 0 atom stereocenters. The Labute approximate surface area is 160 Å². The highest BCUT2D eigenvalue weighted by Gasteiger charge is 2.31. The Bertz CT molecular complexity index is 1130. The van der Waals surface area contributed by atoms with Gasteiger partial charge in [0.15, 0.2) is 0 Å². The molecule has 0 aliphatic rings. The molecule has 0 N–H and O–H groups in total. The van der Waals surface area contributed by atoms with E-state index in [1.165, 1.54) is 36.7 Å².